The first-order chi connectivity index (χ1) is 8.29. The van der Waals surface area contributed by atoms with Gasteiger partial charge < -0.3 is 10.1 Å². The van der Waals surface area contributed by atoms with Crippen molar-refractivity contribution < 1.29 is 4.74 Å². The van der Waals surface area contributed by atoms with Gasteiger partial charge in [-0.3, -0.25) is 4.98 Å². The van der Waals surface area contributed by atoms with Crippen molar-refractivity contribution in [1.29, 1.82) is 0 Å². The van der Waals surface area contributed by atoms with Crippen LogP contribution in [-0.4, -0.2) is 24.2 Å². The van der Waals surface area contributed by atoms with Crippen LogP contribution in [0.1, 0.15) is 25.5 Å². The molecule has 1 saturated heterocycles. The van der Waals surface area contributed by atoms with Crippen LogP contribution in [0.15, 0.2) is 22.8 Å². The molecule has 2 atom stereocenters. The van der Waals surface area contributed by atoms with E-state index in [-0.39, 0.29) is 0 Å². The summed E-state index contributed by atoms with van der Waals surface area (Å²) < 4.78 is 6.70. The Morgan fingerprint density at radius 3 is 3.12 bits per heavy atom. The Morgan fingerprint density at radius 2 is 2.41 bits per heavy atom. The van der Waals surface area contributed by atoms with Crippen molar-refractivity contribution in [3.8, 4) is 0 Å². The van der Waals surface area contributed by atoms with Crippen molar-refractivity contribution >= 4 is 15.9 Å². The van der Waals surface area contributed by atoms with Gasteiger partial charge in [0.1, 0.15) is 0 Å². The van der Waals surface area contributed by atoms with Crippen LogP contribution in [0.25, 0.3) is 0 Å². The van der Waals surface area contributed by atoms with Crippen LogP contribution in [-0.2, 0) is 11.3 Å². The SMILES string of the molecule is CCC1OCCC1CNCc1ccc(Br)cn1. The van der Waals surface area contributed by atoms with Crippen LogP contribution in [0, 0.1) is 5.92 Å². The van der Waals surface area contributed by atoms with Crippen LogP contribution in [0.2, 0.25) is 0 Å². The van der Waals surface area contributed by atoms with Crippen molar-refractivity contribution in [2.45, 2.75) is 32.4 Å². The molecule has 17 heavy (non-hydrogen) atoms. The normalized spacial score (nSPS) is 24.1. The minimum Gasteiger partial charge on any atom is -0.378 e. The average Bonchev–Trinajstić information content (AvgIpc) is 2.79. The van der Waals surface area contributed by atoms with Gasteiger partial charge in [0.2, 0.25) is 0 Å². The predicted octanol–water partition coefficient (Wildman–Crippen LogP) is 2.75. The fourth-order valence-corrected chi connectivity index (χ4v) is 2.51. The molecule has 0 aliphatic carbocycles. The van der Waals surface area contributed by atoms with Crippen molar-refractivity contribution in [2.75, 3.05) is 13.2 Å². The molecule has 0 amide bonds. The molecule has 2 heterocycles. The van der Waals surface area contributed by atoms with Gasteiger partial charge in [0, 0.05) is 30.4 Å². The summed E-state index contributed by atoms with van der Waals surface area (Å²) in [6.45, 7) is 4.97. The predicted molar refractivity (Wildman–Crippen MR) is 71.8 cm³/mol. The molecule has 1 aliphatic heterocycles. The molecule has 94 valence electrons. The van der Waals surface area contributed by atoms with Gasteiger partial charge in [0.05, 0.1) is 11.8 Å². The molecular formula is C13H19BrN2O. The summed E-state index contributed by atoms with van der Waals surface area (Å²) in [6, 6.07) is 4.07. The van der Waals surface area contributed by atoms with Crippen molar-refractivity contribution in [2.24, 2.45) is 5.92 Å². The van der Waals surface area contributed by atoms with Crippen LogP contribution in [0.3, 0.4) is 0 Å². The third-order valence-corrected chi connectivity index (χ3v) is 3.72. The van der Waals surface area contributed by atoms with E-state index in [9.17, 15) is 0 Å². The highest BCUT2D eigenvalue weighted by Crippen LogP contribution is 2.22. The third kappa shape index (κ3) is 3.76. The Kier molecular flexibility index (Phi) is 4.95. The second-order valence-corrected chi connectivity index (χ2v) is 5.38. The standard InChI is InChI=1S/C13H19BrN2O/c1-2-13-10(5-6-17-13)7-15-9-12-4-3-11(14)8-16-12/h3-4,8,10,13,15H,2,5-7,9H2,1H3. The zero-order valence-electron chi connectivity index (χ0n) is 10.2. The maximum atomic E-state index is 5.67. The van der Waals surface area contributed by atoms with E-state index in [0.717, 1.165) is 36.3 Å². The Balaban J connectivity index is 1.74. The lowest BCUT2D eigenvalue weighted by atomic mass is 10.00. The van der Waals surface area contributed by atoms with E-state index in [1.165, 1.54) is 6.42 Å². The largest absolute Gasteiger partial charge is 0.378 e. The second-order valence-electron chi connectivity index (χ2n) is 4.46. The molecule has 0 radical (unpaired) electrons. The lowest BCUT2D eigenvalue weighted by Crippen LogP contribution is -2.28. The van der Waals surface area contributed by atoms with Crippen LogP contribution >= 0.6 is 15.9 Å². The Morgan fingerprint density at radius 1 is 1.53 bits per heavy atom. The summed E-state index contributed by atoms with van der Waals surface area (Å²) in [4.78, 5) is 4.34. The van der Waals surface area contributed by atoms with Gasteiger partial charge >= 0.3 is 0 Å². The van der Waals surface area contributed by atoms with Gasteiger partial charge in [-0.25, -0.2) is 0 Å². The quantitative estimate of drug-likeness (QED) is 0.908. The zero-order valence-corrected chi connectivity index (χ0v) is 11.7. The van der Waals surface area contributed by atoms with Gasteiger partial charge in [0.25, 0.3) is 0 Å². The number of hydrogen-bond acceptors (Lipinski definition) is 3. The maximum absolute atomic E-state index is 5.67. The first kappa shape index (κ1) is 13.0. The lowest BCUT2D eigenvalue weighted by Gasteiger charge is -2.17. The fourth-order valence-electron chi connectivity index (χ4n) is 2.27. The van der Waals surface area contributed by atoms with Crippen molar-refractivity contribution in [3.63, 3.8) is 0 Å². The van der Waals surface area contributed by atoms with Crippen molar-refractivity contribution in [3.05, 3.63) is 28.5 Å². The zero-order chi connectivity index (χ0) is 12.1. The third-order valence-electron chi connectivity index (χ3n) is 3.25. The smallest absolute Gasteiger partial charge is 0.0613 e. The highest BCUT2D eigenvalue weighted by atomic mass is 79.9. The van der Waals surface area contributed by atoms with Gasteiger partial charge in [0.15, 0.2) is 0 Å². The van der Waals surface area contributed by atoms with E-state index < -0.39 is 0 Å². The monoisotopic (exact) mass is 298 g/mol. The van der Waals surface area contributed by atoms with Crippen LogP contribution in [0.4, 0.5) is 0 Å². The van der Waals surface area contributed by atoms with E-state index in [0.29, 0.717) is 12.0 Å². The second kappa shape index (κ2) is 6.47. The Hall–Kier alpha value is -0.450. The molecular weight excluding hydrogens is 280 g/mol. The summed E-state index contributed by atoms with van der Waals surface area (Å²) in [5.41, 5.74) is 1.08. The molecule has 0 aromatic carbocycles. The van der Waals surface area contributed by atoms with E-state index in [1.54, 1.807) is 0 Å². The summed E-state index contributed by atoms with van der Waals surface area (Å²) >= 11 is 3.39. The highest BCUT2D eigenvalue weighted by Gasteiger charge is 2.25. The maximum Gasteiger partial charge on any atom is 0.0613 e. The van der Waals surface area contributed by atoms with Crippen LogP contribution < -0.4 is 5.32 Å². The van der Waals surface area contributed by atoms with Gasteiger partial charge in [-0.2, -0.15) is 0 Å². The molecule has 4 heteroatoms. The number of pyridine rings is 1. The van der Waals surface area contributed by atoms with Gasteiger partial charge in [-0.1, -0.05) is 6.92 Å². The minimum atomic E-state index is 0.445. The van der Waals surface area contributed by atoms with E-state index in [1.807, 2.05) is 18.3 Å². The summed E-state index contributed by atoms with van der Waals surface area (Å²) in [5.74, 6) is 0.662. The van der Waals surface area contributed by atoms with E-state index >= 15 is 0 Å². The molecule has 1 fully saturated rings. The number of rotatable bonds is 5. The molecule has 0 saturated carbocycles. The number of aromatic nitrogens is 1. The Labute approximate surface area is 111 Å². The van der Waals surface area contributed by atoms with Gasteiger partial charge in [-0.15, -0.1) is 0 Å². The van der Waals surface area contributed by atoms with E-state index in [4.69, 9.17) is 4.74 Å². The van der Waals surface area contributed by atoms with Crippen molar-refractivity contribution in [1.82, 2.24) is 10.3 Å². The summed E-state index contributed by atoms with van der Waals surface area (Å²) in [7, 11) is 0. The Bertz CT molecular complexity index is 342. The number of halogens is 1. The molecule has 1 aromatic rings. The number of hydrogen-bond donors (Lipinski definition) is 1. The molecule has 3 nitrogen and oxygen atoms in total. The fraction of sp³-hybridized carbons (Fsp3) is 0.615. The first-order valence-corrected chi connectivity index (χ1v) is 7.01. The topological polar surface area (TPSA) is 34.1 Å². The molecule has 0 spiro atoms. The van der Waals surface area contributed by atoms with Gasteiger partial charge in [-0.05, 0) is 46.8 Å². The first-order valence-electron chi connectivity index (χ1n) is 6.22. The summed E-state index contributed by atoms with van der Waals surface area (Å²) in [5, 5.41) is 3.47. The van der Waals surface area contributed by atoms with E-state index in [2.05, 4.69) is 33.2 Å². The molecule has 0 bridgehead atoms. The number of nitrogens with one attached hydrogen (secondary N) is 1. The molecule has 1 aromatic heterocycles. The minimum absolute atomic E-state index is 0.445. The molecule has 1 aliphatic rings. The average molecular weight is 299 g/mol. The lowest BCUT2D eigenvalue weighted by molar-refractivity contribution is 0.0872. The summed E-state index contributed by atoms with van der Waals surface area (Å²) in [6.07, 6.45) is 4.58. The van der Waals surface area contributed by atoms with Crippen LogP contribution in [0.5, 0.6) is 0 Å². The number of ether oxygens (including phenoxy) is 1. The number of nitrogens with zero attached hydrogens (tertiary/aromatic N) is 1. The molecule has 2 unspecified atom stereocenters. The molecule has 2 rings (SSSR count). The molecule has 1 N–H and O–H groups in total. The highest BCUT2D eigenvalue weighted by molar-refractivity contribution is 9.10.